The van der Waals surface area contributed by atoms with Gasteiger partial charge in [-0.25, -0.2) is 4.39 Å². The summed E-state index contributed by atoms with van der Waals surface area (Å²) in [6.07, 6.45) is 1.62. The number of Topliss-reactive ketones (excluding diaryl/α,β-unsaturated/α-hetero) is 1. The molecule has 1 N–H and O–H groups in total. The SMILES string of the molecule is CC(=O)c1c[nH]c2c(C)c(F)c(Br)cc12. The van der Waals surface area contributed by atoms with Crippen LogP contribution < -0.4 is 0 Å². The number of aromatic nitrogens is 1. The van der Waals surface area contributed by atoms with E-state index in [1.807, 2.05) is 0 Å². The van der Waals surface area contributed by atoms with Crippen LogP contribution in [-0.4, -0.2) is 10.8 Å². The van der Waals surface area contributed by atoms with Gasteiger partial charge in [0.15, 0.2) is 5.78 Å². The summed E-state index contributed by atoms with van der Waals surface area (Å²) in [4.78, 5) is 14.2. The normalized spacial score (nSPS) is 10.9. The number of aromatic amines is 1. The van der Waals surface area contributed by atoms with E-state index >= 15 is 0 Å². The molecule has 0 bridgehead atoms. The molecule has 0 saturated heterocycles. The van der Waals surface area contributed by atoms with Gasteiger partial charge in [0.2, 0.25) is 0 Å². The van der Waals surface area contributed by atoms with Crippen LogP contribution in [0.3, 0.4) is 0 Å². The van der Waals surface area contributed by atoms with E-state index in [1.165, 1.54) is 6.92 Å². The van der Waals surface area contributed by atoms with Gasteiger partial charge in [0.25, 0.3) is 0 Å². The highest BCUT2D eigenvalue weighted by Gasteiger charge is 2.14. The van der Waals surface area contributed by atoms with E-state index < -0.39 is 0 Å². The third kappa shape index (κ3) is 1.49. The van der Waals surface area contributed by atoms with Gasteiger partial charge >= 0.3 is 0 Å². The molecule has 0 atom stereocenters. The average Bonchev–Trinajstić information content (AvgIpc) is 2.58. The van der Waals surface area contributed by atoms with Crippen LogP contribution >= 0.6 is 15.9 Å². The molecule has 15 heavy (non-hydrogen) atoms. The third-order valence-corrected chi connectivity index (χ3v) is 3.06. The Labute approximate surface area is 94.6 Å². The average molecular weight is 270 g/mol. The van der Waals surface area contributed by atoms with Crippen molar-refractivity contribution in [3.8, 4) is 0 Å². The molecule has 0 aliphatic carbocycles. The fraction of sp³-hybridized carbons (Fsp3) is 0.182. The molecule has 2 aromatic rings. The van der Waals surface area contributed by atoms with Crippen molar-refractivity contribution < 1.29 is 9.18 Å². The van der Waals surface area contributed by atoms with Crippen LogP contribution in [0.2, 0.25) is 0 Å². The monoisotopic (exact) mass is 269 g/mol. The zero-order valence-corrected chi connectivity index (χ0v) is 9.90. The number of benzene rings is 1. The largest absolute Gasteiger partial charge is 0.360 e. The molecule has 0 spiro atoms. The van der Waals surface area contributed by atoms with E-state index in [9.17, 15) is 9.18 Å². The Kier molecular flexibility index (Phi) is 2.38. The van der Waals surface area contributed by atoms with Gasteiger partial charge in [0, 0.05) is 22.7 Å². The summed E-state index contributed by atoms with van der Waals surface area (Å²) >= 11 is 3.13. The van der Waals surface area contributed by atoms with Crippen molar-refractivity contribution in [3.63, 3.8) is 0 Å². The minimum Gasteiger partial charge on any atom is -0.360 e. The molecule has 2 nitrogen and oxygen atoms in total. The van der Waals surface area contributed by atoms with Crippen LogP contribution in [-0.2, 0) is 0 Å². The molecule has 0 fully saturated rings. The number of carbonyl (C=O) groups is 1. The fourth-order valence-corrected chi connectivity index (χ4v) is 2.19. The second-order valence-electron chi connectivity index (χ2n) is 3.48. The molecule has 2 rings (SSSR count). The van der Waals surface area contributed by atoms with Gasteiger partial charge in [-0.3, -0.25) is 4.79 Å². The molecule has 78 valence electrons. The first-order chi connectivity index (χ1) is 7.02. The third-order valence-electron chi connectivity index (χ3n) is 2.48. The summed E-state index contributed by atoms with van der Waals surface area (Å²) < 4.78 is 13.9. The summed E-state index contributed by atoms with van der Waals surface area (Å²) in [5.74, 6) is -0.321. The number of fused-ring (bicyclic) bond motifs is 1. The summed E-state index contributed by atoms with van der Waals surface area (Å²) in [7, 11) is 0. The number of ketones is 1. The predicted molar refractivity (Wildman–Crippen MR) is 60.7 cm³/mol. The van der Waals surface area contributed by atoms with Gasteiger partial charge in [-0.15, -0.1) is 0 Å². The van der Waals surface area contributed by atoms with Crippen LogP contribution in [0.25, 0.3) is 10.9 Å². The van der Waals surface area contributed by atoms with E-state index in [2.05, 4.69) is 20.9 Å². The van der Waals surface area contributed by atoms with Gasteiger partial charge in [-0.2, -0.15) is 0 Å². The summed E-state index contributed by atoms with van der Waals surface area (Å²) in [5, 5.41) is 0.758. The van der Waals surface area contributed by atoms with Crippen molar-refractivity contribution >= 4 is 32.6 Å². The lowest BCUT2D eigenvalue weighted by atomic mass is 10.1. The number of H-pyrrole nitrogens is 1. The molecule has 1 aromatic heterocycles. The second kappa shape index (κ2) is 3.45. The maximum Gasteiger partial charge on any atom is 0.161 e. The number of rotatable bonds is 1. The van der Waals surface area contributed by atoms with Crippen molar-refractivity contribution in [2.75, 3.05) is 0 Å². The Bertz CT molecular complexity index is 559. The van der Waals surface area contributed by atoms with Crippen LogP contribution in [0.5, 0.6) is 0 Å². The van der Waals surface area contributed by atoms with Crippen molar-refractivity contribution in [2.24, 2.45) is 0 Å². The Morgan fingerprint density at radius 2 is 2.20 bits per heavy atom. The topological polar surface area (TPSA) is 32.9 Å². The van der Waals surface area contributed by atoms with E-state index in [0.717, 1.165) is 5.39 Å². The molecule has 1 heterocycles. The number of carbonyl (C=O) groups excluding carboxylic acids is 1. The van der Waals surface area contributed by atoms with E-state index in [4.69, 9.17) is 0 Å². The zero-order chi connectivity index (χ0) is 11.2. The Hall–Kier alpha value is -1.16. The molecule has 0 unspecified atom stereocenters. The number of hydrogen-bond acceptors (Lipinski definition) is 1. The van der Waals surface area contributed by atoms with E-state index in [-0.39, 0.29) is 11.6 Å². The van der Waals surface area contributed by atoms with Crippen LogP contribution in [0, 0.1) is 12.7 Å². The first-order valence-electron chi connectivity index (χ1n) is 4.49. The van der Waals surface area contributed by atoms with Crippen molar-refractivity contribution in [1.29, 1.82) is 0 Å². The first-order valence-corrected chi connectivity index (χ1v) is 5.28. The number of aryl methyl sites for hydroxylation is 1. The summed E-state index contributed by atoms with van der Waals surface area (Å²) in [6.45, 7) is 3.18. The summed E-state index contributed by atoms with van der Waals surface area (Å²) in [5.41, 5.74) is 1.79. The quantitative estimate of drug-likeness (QED) is 0.789. The van der Waals surface area contributed by atoms with Gasteiger partial charge in [-0.1, -0.05) is 0 Å². The standard InChI is InChI=1S/C11H9BrFNO/c1-5-10(13)9(12)3-7-8(6(2)15)4-14-11(5)7/h3-4,14H,1-2H3. The predicted octanol–water partition coefficient (Wildman–Crippen LogP) is 3.58. The van der Waals surface area contributed by atoms with Crippen LogP contribution in [0.1, 0.15) is 22.8 Å². The van der Waals surface area contributed by atoms with E-state index in [0.29, 0.717) is 21.1 Å². The van der Waals surface area contributed by atoms with Crippen molar-refractivity contribution in [1.82, 2.24) is 4.98 Å². The Morgan fingerprint density at radius 1 is 1.53 bits per heavy atom. The van der Waals surface area contributed by atoms with Gasteiger partial charge in [-0.05, 0) is 35.8 Å². The van der Waals surface area contributed by atoms with Crippen molar-refractivity contribution in [3.05, 3.63) is 33.7 Å². The molecular weight excluding hydrogens is 261 g/mol. The Balaban J connectivity index is 2.89. The fourth-order valence-electron chi connectivity index (χ4n) is 1.66. The molecule has 0 aliphatic heterocycles. The first kappa shape index (κ1) is 10.4. The van der Waals surface area contributed by atoms with Gasteiger partial charge in [0.05, 0.1) is 9.99 Å². The zero-order valence-electron chi connectivity index (χ0n) is 8.32. The maximum atomic E-state index is 13.5. The minimum atomic E-state index is -0.292. The molecule has 0 radical (unpaired) electrons. The lowest BCUT2D eigenvalue weighted by Crippen LogP contribution is -1.91. The van der Waals surface area contributed by atoms with E-state index in [1.54, 1.807) is 19.2 Å². The lowest BCUT2D eigenvalue weighted by Gasteiger charge is -2.02. The van der Waals surface area contributed by atoms with Gasteiger partial charge in [0.1, 0.15) is 5.82 Å². The highest BCUT2D eigenvalue weighted by Crippen LogP contribution is 2.29. The second-order valence-corrected chi connectivity index (χ2v) is 4.33. The highest BCUT2D eigenvalue weighted by atomic mass is 79.9. The molecule has 0 aliphatic rings. The van der Waals surface area contributed by atoms with Crippen LogP contribution in [0.15, 0.2) is 16.7 Å². The molecular formula is C11H9BrFNO. The maximum absolute atomic E-state index is 13.5. The molecule has 4 heteroatoms. The molecule has 0 amide bonds. The number of nitrogens with one attached hydrogen (secondary N) is 1. The number of halogens is 2. The van der Waals surface area contributed by atoms with Crippen LogP contribution in [0.4, 0.5) is 4.39 Å². The lowest BCUT2D eigenvalue weighted by molar-refractivity contribution is 0.101. The smallest absolute Gasteiger partial charge is 0.161 e. The summed E-state index contributed by atoms with van der Waals surface area (Å²) in [6, 6.07) is 1.63. The highest BCUT2D eigenvalue weighted by molar-refractivity contribution is 9.10. The molecule has 0 saturated carbocycles. The van der Waals surface area contributed by atoms with Gasteiger partial charge < -0.3 is 4.98 Å². The van der Waals surface area contributed by atoms with Crippen molar-refractivity contribution in [2.45, 2.75) is 13.8 Å². The number of hydrogen-bond donors (Lipinski definition) is 1. The minimum absolute atomic E-state index is 0.0286. The Morgan fingerprint density at radius 3 is 2.80 bits per heavy atom. The molecule has 1 aromatic carbocycles.